The topological polar surface area (TPSA) is 77.9 Å². The Hall–Kier alpha value is -2.90. The maximum atomic E-state index is 13.9. The van der Waals surface area contributed by atoms with Crippen molar-refractivity contribution in [1.29, 1.82) is 0 Å². The van der Waals surface area contributed by atoms with Crippen LogP contribution in [0.2, 0.25) is 5.02 Å². The lowest BCUT2D eigenvalue weighted by atomic mass is 9.79. The Kier molecular flexibility index (Phi) is 7.24. The van der Waals surface area contributed by atoms with E-state index in [-0.39, 0.29) is 18.2 Å². The van der Waals surface area contributed by atoms with Crippen molar-refractivity contribution in [2.45, 2.75) is 44.7 Å². The largest absolute Gasteiger partial charge is 0.481 e. The number of carboxylic acid groups (broad SMARTS) is 1. The molecule has 2 heterocycles. The number of fused-ring (bicyclic) bond motifs is 1. The van der Waals surface area contributed by atoms with Crippen molar-refractivity contribution >= 4 is 50.8 Å². The van der Waals surface area contributed by atoms with Crippen LogP contribution in [0.4, 0.5) is 0 Å². The van der Waals surface area contributed by atoms with Gasteiger partial charge in [-0.3, -0.25) is 14.4 Å². The highest BCUT2D eigenvalue weighted by atomic mass is 35.5. The summed E-state index contributed by atoms with van der Waals surface area (Å²) in [4.78, 5) is 42.0. The minimum absolute atomic E-state index is 0.0258. The fourth-order valence-electron chi connectivity index (χ4n) is 4.64. The number of likely N-dealkylation sites (tertiary alicyclic amines) is 1. The van der Waals surface area contributed by atoms with Crippen LogP contribution in [0, 0.1) is 0 Å². The number of carbonyl (C=O) groups excluding carboxylic acids is 2. The first-order chi connectivity index (χ1) is 16.4. The quantitative estimate of drug-likeness (QED) is 0.426. The summed E-state index contributed by atoms with van der Waals surface area (Å²) < 4.78 is 1.04. The van der Waals surface area contributed by atoms with Crippen LogP contribution >= 0.6 is 22.9 Å². The van der Waals surface area contributed by atoms with Crippen molar-refractivity contribution in [3.8, 4) is 0 Å². The van der Waals surface area contributed by atoms with Gasteiger partial charge in [-0.05, 0) is 43.0 Å². The van der Waals surface area contributed by atoms with Gasteiger partial charge in [0.05, 0.1) is 5.56 Å². The molecule has 1 aromatic heterocycles. The molecule has 0 bridgehead atoms. The Bertz CT molecular complexity index is 1220. The third kappa shape index (κ3) is 4.68. The van der Waals surface area contributed by atoms with Crippen molar-refractivity contribution < 1.29 is 19.5 Å². The zero-order valence-corrected chi connectivity index (χ0v) is 20.6. The van der Waals surface area contributed by atoms with E-state index < -0.39 is 11.5 Å². The fourth-order valence-corrected chi connectivity index (χ4v) is 5.79. The SMILES string of the molecule is CCC1(C(=O)N(CCCC(=O)O)Cc2cccc(Cl)c2)CCN1C(=O)c1csc2ccccc12. The number of halogens is 1. The van der Waals surface area contributed by atoms with Crippen LogP contribution in [0.3, 0.4) is 0 Å². The number of carboxylic acids is 1. The Morgan fingerprint density at radius 2 is 1.97 bits per heavy atom. The normalized spacial score (nSPS) is 17.4. The van der Waals surface area contributed by atoms with Gasteiger partial charge in [0.25, 0.3) is 5.91 Å². The average Bonchev–Trinajstić information content (AvgIpc) is 3.22. The van der Waals surface area contributed by atoms with E-state index >= 15 is 0 Å². The van der Waals surface area contributed by atoms with Crippen LogP contribution in [-0.2, 0) is 16.1 Å². The summed E-state index contributed by atoms with van der Waals surface area (Å²) in [5.41, 5.74) is 0.559. The monoisotopic (exact) mass is 498 g/mol. The molecule has 34 heavy (non-hydrogen) atoms. The molecule has 178 valence electrons. The lowest BCUT2D eigenvalue weighted by Crippen LogP contribution is -2.69. The predicted octanol–water partition coefficient (Wildman–Crippen LogP) is 5.44. The number of amides is 2. The van der Waals surface area contributed by atoms with Crippen LogP contribution in [-0.4, -0.2) is 51.3 Å². The molecule has 0 saturated carbocycles. The Balaban J connectivity index is 1.61. The molecule has 1 unspecified atom stereocenters. The molecule has 0 radical (unpaired) electrons. The molecule has 0 aliphatic carbocycles. The Morgan fingerprint density at radius 1 is 1.18 bits per heavy atom. The van der Waals surface area contributed by atoms with E-state index in [9.17, 15) is 14.4 Å². The summed E-state index contributed by atoms with van der Waals surface area (Å²) in [5.74, 6) is -1.17. The second-order valence-corrected chi connectivity index (χ2v) is 9.94. The number of hydrogen-bond donors (Lipinski definition) is 1. The molecular formula is C26H27ClN2O4S. The Morgan fingerprint density at radius 3 is 2.65 bits per heavy atom. The number of rotatable bonds is 9. The zero-order chi connectivity index (χ0) is 24.3. The van der Waals surface area contributed by atoms with Crippen LogP contribution in [0.1, 0.15) is 48.5 Å². The second-order valence-electron chi connectivity index (χ2n) is 8.59. The van der Waals surface area contributed by atoms with E-state index in [4.69, 9.17) is 16.7 Å². The van der Waals surface area contributed by atoms with Gasteiger partial charge in [-0.2, -0.15) is 0 Å². The number of benzene rings is 2. The van der Waals surface area contributed by atoms with Crippen LogP contribution < -0.4 is 0 Å². The molecular weight excluding hydrogens is 472 g/mol. The van der Waals surface area contributed by atoms with E-state index in [1.807, 2.05) is 48.7 Å². The minimum Gasteiger partial charge on any atom is -0.481 e. The highest BCUT2D eigenvalue weighted by Gasteiger charge is 2.53. The number of hydrogen-bond acceptors (Lipinski definition) is 4. The molecule has 8 heteroatoms. The summed E-state index contributed by atoms with van der Waals surface area (Å²) in [6.07, 6.45) is 1.39. The number of thiophene rings is 1. The van der Waals surface area contributed by atoms with Gasteiger partial charge in [0.15, 0.2) is 0 Å². The average molecular weight is 499 g/mol. The zero-order valence-electron chi connectivity index (χ0n) is 19.0. The maximum absolute atomic E-state index is 13.9. The van der Waals surface area contributed by atoms with Gasteiger partial charge in [0.2, 0.25) is 5.91 Å². The number of nitrogens with zero attached hydrogens (tertiary/aromatic N) is 2. The van der Waals surface area contributed by atoms with Crippen LogP contribution in [0.15, 0.2) is 53.9 Å². The third-order valence-electron chi connectivity index (χ3n) is 6.57. The van der Waals surface area contributed by atoms with Crippen molar-refractivity contribution in [2.75, 3.05) is 13.1 Å². The molecule has 1 aliphatic heterocycles. The van der Waals surface area contributed by atoms with Crippen molar-refractivity contribution in [1.82, 2.24) is 9.80 Å². The van der Waals surface area contributed by atoms with Gasteiger partial charge in [-0.1, -0.05) is 48.9 Å². The molecule has 4 rings (SSSR count). The van der Waals surface area contributed by atoms with E-state index in [1.54, 1.807) is 21.9 Å². The standard InChI is InChI=1S/C26H27ClN2O4S/c1-2-26(12-14-29(26)24(32)21-17-34-22-10-4-3-9-20(21)22)25(33)28(13-6-11-23(30)31)16-18-7-5-8-19(27)15-18/h3-5,7-10,15,17H,2,6,11-14,16H2,1H3,(H,30,31). The Labute approximate surface area is 207 Å². The van der Waals surface area contributed by atoms with E-state index in [1.165, 1.54) is 11.3 Å². The first kappa shape index (κ1) is 24.2. The molecule has 1 fully saturated rings. The lowest BCUT2D eigenvalue weighted by molar-refractivity contribution is -0.152. The summed E-state index contributed by atoms with van der Waals surface area (Å²) in [6.45, 7) is 3.05. The van der Waals surface area contributed by atoms with Crippen LogP contribution in [0.5, 0.6) is 0 Å². The number of carbonyl (C=O) groups is 3. The van der Waals surface area contributed by atoms with Crippen molar-refractivity contribution in [3.63, 3.8) is 0 Å². The molecule has 3 aromatic rings. The van der Waals surface area contributed by atoms with Gasteiger partial charge in [0, 0.05) is 46.5 Å². The highest BCUT2D eigenvalue weighted by molar-refractivity contribution is 7.17. The molecule has 6 nitrogen and oxygen atoms in total. The lowest BCUT2D eigenvalue weighted by Gasteiger charge is -2.52. The fraction of sp³-hybridized carbons (Fsp3) is 0.346. The highest BCUT2D eigenvalue weighted by Crippen LogP contribution is 2.39. The van der Waals surface area contributed by atoms with E-state index in [0.29, 0.717) is 49.5 Å². The van der Waals surface area contributed by atoms with Crippen molar-refractivity contribution in [2.24, 2.45) is 0 Å². The molecule has 1 saturated heterocycles. The molecule has 2 aromatic carbocycles. The minimum atomic E-state index is -0.929. The second kappa shape index (κ2) is 10.2. The first-order valence-corrected chi connectivity index (χ1v) is 12.7. The van der Waals surface area contributed by atoms with Gasteiger partial charge in [0.1, 0.15) is 5.54 Å². The molecule has 2 amide bonds. The van der Waals surface area contributed by atoms with Gasteiger partial charge in [-0.15, -0.1) is 11.3 Å². The third-order valence-corrected chi connectivity index (χ3v) is 7.77. The number of aliphatic carboxylic acids is 1. The van der Waals surface area contributed by atoms with Crippen molar-refractivity contribution in [3.05, 3.63) is 70.1 Å². The molecule has 1 atom stereocenters. The molecule has 1 aliphatic rings. The predicted molar refractivity (Wildman–Crippen MR) is 134 cm³/mol. The summed E-state index contributed by atoms with van der Waals surface area (Å²) in [7, 11) is 0. The van der Waals surface area contributed by atoms with E-state index in [2.05, 4.69) is 0 Å². The summed E-state index contributed by atoms with van der Waals surface area (Å²) in [6, 6.07) is 15.1. The van der Waals surface area contributed by atoms with Gasteiger partial charge in [-0.25, -0.2) is 0 Å². The molecule has 1 N–H and O–H groups in total. The van der Waals surface area contributed by atoms with Crippen LogP contribution in [0.25, 0.3) is 10.1 Å². The summed E-state index contributed by atoms with van der Waals surface area (Å²) in [5, 5.41) is 12.4. The summed E-state index contributed by atoms with van der Waals surface area (Å²) >= 11 is 7.67. The smallest absolute Gasteiger partial charge is 0.303 e. The van der Waals surface area contributed by atoms with Gasteiger partial charge >= 0.3 is 5.97 Å². The van der Waals surface area contributed by atoms with E-state index in [0.717, 1.165) is 15.6 Å². The molecule has 0 spiro atoms. The maximum Gasteiger partial charge on any atom is 0.303 e. The first-order valence-electron chi connectivity index (χ1n) is 11.4. The van der Waals surface area contributed by atoms with Gasteiger partial charge < -0.3 is 14.9 Å².